The second kappa shape index (κ2) is 5.81. The third kappa shape index (κ3) is 2.55. The molecule has 0 N–H and O–H groups in total. The maximum absolute atomic E-state index is 14.2. The van der Waals surface area contributed by atoms with Crippen molar-refractivity contribution in [2.45, 2.75) is 26.2 Å². The summed E-state index contributed by atoms with van der Waals surface area (Å²) in [4.78, 5) is 7.98. The topological polar surface area (TPSA) is 43.1 Å². The molecule has 3 aromatic rings. The fourth-order valence-corrected chi connectivity index (χ4v) is 2.76. The van der Waals surface area contributed by atoms with E-state index in [9.17, 15) is 13.2 Å². The fraction of sp³-hybridized carbons (Fsp3) is 0.267. The minimum Gasteiger partial charge on any atom is -0.207 e. The molecule has 1 aromatic carbocycles. The SMILES string of the molecule is CCC(C)c1c(-c2c(F)cc(F)cc2F)c(Cl)nc2ncnn12. The molecule has 0 radical (unpaired) electrons. The molecule has 0 aliphatic rings. The smallest absolute Gasteiger partial charge is 0.207 e. The van der Waals surface area contributed by atoms with Gasteiger partial charge >= 0.3 is 0 Å². The Bertz CT molecular complexity index is 871. The predicted molar refractivity (Wildman–Crippen MR) is 79.8 cm³/mol. The number of aromatic nitrogens is 4. The van der Waals surface area contributed by atoms with Crippen LogP contribution >= 0.6 is 11.6 Å². The maximum Gasteiger partial charge on any atom is 0.253 e. The molecule has 0 bridgehead atoms. The lowest BCUT2D eigenvalue weighted by Crippen LogP contribution is -2.10. The molecule has 23 heavy (non-hydrogen) atoms. The predicted octanol–water partition coefficient (Wildman–Crippen LogP) is 4.38. The van der Waals surface area contributed by atoms with Gasteiger partial charge in [-0.05, 0) is 12.3 Å². The van der Waals surface area contributed by atoms with Gasteiger partial charge in [-0.25, -0.2) is 17.7 Å². The molecule has 0 saturated carbocycles. The average molecular weight is 341 g/mol. The standard InChI is InChI=1S/C15H12ClF3N4/c1-3-7(2)13-12(11-9(18)4-8(17)5-10(11)19)14(16)22-15-20-6-21-23(13)15/h4-7H,3H2,1-2H3. The van der Waals surface area contributed by atoms with E-state index < -0.39 is 23.0 Å². The molecular weight excluding hydrogens is 329 g/mol. The number of nitrogens with zero attached hydrogens (tertiary/aromatic N) is 4. The Kier molecular flexibility index (Phi) is 3.97. The van der Waals surface area contributed by atoms with Gasteiger partial charge in [0.1, 0.15) is 28.9 Å². The van der Waals surface area contributed by atoms with Crippen molar-refractivity contribution in [2.75, 3.05) is 0 Å². The summed E-state index contributed by atoms with van der Waals surface area (Å²) in [6, 6.07) is 1.22. The van der Waals surface area contributed by atoms with Crippen molar-refractivity contribution in [3.63, 3.8) is 0 Å². The van der Waals surface area contributed by atoms with Crippen LogP contribution in [-0.2, 0) is 0 Å². The summed E-state index contributed by atoms with van der Waals surface area (Å²) in [5.41, 5.74) is 0.120. The van der Waals surface area contributed by atoms with E-state index in [2.05, 4.69) is 15.1 Å². The molecule has 2 heterocycles. The fourth-order valence-electron chi connectivity index (χ4n) is 2.50. The van der Waals surface area contributed by atoms with Crippen LogP contribution in [-0.4, -0.2) is 19.6 Å². The van der Waals surface area contributed by atoms with Crippen molar-refractivity contribution in [2.24, 2.45) is 0 Å². The van der Waals surface area contributed by atoms with E-state index in [0.29, 0.717) is 24.2 Å². The summed E-state index contributed by atoms with van der Waals surface area (Å²) in [5, 5.41) is 3.95. The van der Waals surface area contributed by atoms with E-state index in [1.807, 2.05) is 13.8 Å². The van der Waals surface area contributed by atoms with Crippen LogP contribution in [0.4, 0.5) is 13.2 Å². The first-order valence-corrected chi connectivity index (χ1v) is 7.35. The molecule has 1 atom stereocenters. The van der Waals surface area contributed by atoms with Gasteiger partial charge in [-0.1, -0.05) is 25.4 Å². The number of halogens is 4. The number of rotatable bonds is 3. The number of fused-ring (bicyclic) bond motifs is 1. The minimum atomic E-state index is -1.05. The molecule has 8 heteroatoms. The van der Waals surface area contributed by atoms with Gasteiger partial charge in [-0.3, -0.25) is 0 Å². The molecule has 2 aromatic heterocycles. The third-order valence-corrected chi connectivity index (χ3v) is 4.03. The van der Waals surface area contributed by atoms with Gasteiger partial charge in [0.25, 0.3) is 5.78 Å². The minimum absolute atomic E-state index is 0.0639. The number of hydrogen-bond donors (Lipinski definition) is 0. The van der Waals surface area contributed by atoms with Crippen molar-refractivity contribution >= 4 is 17.4 Å². The summed E-state index contributed by atoms with van der Waals surface area (Å²) in [6.45, 7) is 3.79. The van der Waals surface area contributed by atoms with E-state index in [0.717, 1.165) is 0 Å². The molecular formula is C15H12ClF3N4. The van der Waals surface area contributed by atoms with E-state index in [1.54, 1.807) is 0 Å². The Morgan fingerprint density at radius 1 is 1.17 bits per heavy atom. The van der Waals surface area contributed by atoms with Crippen LogP contribution in [0.15, 0.2) is 18.5 Å². The van der Waals surface area contributed by atoms with Crippen LogP contribution in [0.2, 0.25) is 5.15 Å². The van der Waals surface area contributed by atoms with Crippen LogP contribution in [0.1, 0.15) is 31.9 Å². The first-order chi connectivity index (χ1) is 10.9. The lowest BCUT2D eigenvalue weighted by molar-refractivity contribution is 0.546. The largest absolute Gasteiger partial charge is 0.253 e. The van der Waals surface area contributed by atoms with Crippen LogP contribution in [0, 0.1) is 17.5 Å². The van der Waals surface area contributed by atoms with E-state index >= 15 is 0 Å². The zero-order chi connectivity index (χ0) is 16.7. The summed E-state index contributed by atoms with van der Waals surface area (Å²) >= 11 is 6.17. The lowest BCUT2D eigenvalue weighted by Gasteiger charge is -2.18. The Morgan fingerprint density at radius 3 is 2.43 bits per heavy atom. The highest BCUT2D eigenvalue weighted by Crippen LogP contribution is 2.38. The Labute approximate surface area is 134 Å². The molecule has 0 spiro atoms. The molecule has 3 rings (SSSR count). The first-order valence-electron chi connectivity index (χ1n) is 6.98. The number of hydrogen-bond acceptors (Lipinski definition) is 3. The van der Waals surface area contributed by atoms with Crippen molar-refractivity contribution in [3.8, 4) is 11.1 Å². The molecule has 0 aliphatic heterocycles. The molecule has 0 amide bonds. The quantitative estimate of drug-likeness (QED) is 0.665. The van der Waals surface area contributed by atoms with Gasteiger partial charge in [-0.2, -0.15) is 15.1 Å². The number of benzene rings is 1. The van der Waals surface area contributed by atoms with Crippen LogP contribution in [0.5, 0.6) is 0 Å². The van der Waals surface area contributed by atoms with Crippen molar-refractivity contribution < 1.29 is 13.2 Å². The van der Waals surface area contributed by atoms with Crippen molar-refractivity contribution in [1.82, 2.24) is 19.6 Å². The maximum atomic E-state index is 14.2. The van der Waals surface area contributed by atoms with E-state index in [1.165, 1.54) is 10.8 Å². The molecule has 120 valence electrons. The van der Waals surface area contributed by atoms with E-state index in [-0.39, 0.29) is 22.4 Å². The summed E-state index contributed by atoms with van der Waals surface area (Å²) < 4.78 is 43.1. The third-order valence-electron chi connectivity index (χ3n) is 3.75. The highest BCUT2D eigenvalue weighted by molar-refractivity contribution is 6.32. The Hall–Kier alpha value is -2.15. The first kappa shape index (κ1) is 15.7. The highest BCUT2D eigenvalue weighted by atomic mass is 35.5. The lowest BCUT2D eigenvalue weighted by atomic mass is 9.95. The Balaban J connectivity index is 2.44. The Morgan fingerprint density at radius 2 is 1.83 bits per heavy atom. The van der Waals surface area contributed by atoms with Crippen LogP contribution < -0.4 is 0 Å². The van der Waals surface area contributed by atoms with Crippen LogP contribution in [0.3, 0.4) is 0 Å². The highest BCUT2D eigenvalue weighted by Gasteiger charge is 2.26. The molecule has 1 unspecified atom stereocenters. The van der Waals surface area contributed by atoms with Gasteiger partial charge in [0.15, 0.2) is 0 Å². The van der Waals surface area contributed by atoms with Gasteiger partial charge in [0.05, 0.1) is 11.3 Å². The molecule has 4 nitrogen and oxygen atoms in total. The van der Waals surface area contributed by atoms with Gasteiger partial charge in [0.2, 0.25) is 0 Å². The van der Waals surface area contributed by atoms with Gasteiger partial charge < -0.3 is 0 Å². The van der Waals surface area contributed by atoms with Crippen molar-refractivity contribution in [3.05, 3.63) is 46.8 Å². The molecule has 0 fully saturated rings. The normalized spacial score (nSPS) is 12.8. The monoisotopic (exact) mass is 340 g/mol. The zero-order valence-electron chi connectivity index (χ0n) is 12.3. The van der Waals surface area contributed by atoms with Gasteiger partial charge in [-0.15, -0.1) is 0 Å². The molecule has 0 saturated heterocycles. The summed E-state index contributed by atoms with van der Waals surface area (Å²) in [6.07, 6.45) is 1.96. The second-order valence-electron chi connectivity index (χ2n) is 5.19. The average Bonchev–Trinajstić information content (AvgIpc) is 2.93. The summed E-state index contributed by atoms with van der Waals surface area (Å²) in [7, 11) is 0. The van der Waals surface area contributed by atoms with E-state index in [4.69, 9.17) is 11.6 Å². The zero-order valence-corrected chi connectivity index (χ0v) is 13.1. The van der Waals surface area contributed by atoms with Crippen LogP contribution in [0.25, 0.3) is 16.9 Å². The molecule has 0 aliphatic carbocycles. The van der Waals surface area contributed by atoms with Crippen molar-refractivity contribution in [1.29, 1.82) is 0 Å². The van der Waals surface area contributed by atoms with Gasteiger partial charge in [0, 0.05) is 17.7 Å². The summed E-state index contributed by atoms with van der Waals surface area (Å²) in [5.74, 6) is -2.99. The second-order valence-corrected chi connectivity index (χ2v) is 5.55.